The smallest absolute Gasteiger partial charge is 0.0540 e. The first-order chi connectivity index (χ1) is 32.4. The summed E-state index contributed by atoms with van der Waals surface area (Å²) < 4.78 is 0. The SMILES string of the molecule is CC1(C)c2ccccc2-c2ccc(N(c3ccccc3-c3ccc4ccccc4c3)c3ccc(-c4ccc(-c5ccc(C67CC8CC9CC(C6)C97C8)cc5)cc4)cc3-c3ccccc3)cc21. The molecule has 318 valence electrons. The predicted molar refractivity (Wildman–Crippen MR) is 276 cm³/mol. The molecule has 5 aliphatic rings. The van der Waals surface area contributed by atoms with E-state index in [1.807, 2.05) is 0 Å². The minimum absolute atomic E-state index is 0.138. The lowest BCUT2D eigenvalue weighted by atomic mass is 9.31. The van der Waals surface area contributed by atoms with Gasteiger partial charge in [0.2, 0.25) is 0 Å². The molecule has 5 unspecified atom stereocenters. The highest BCUT2D eigenvalue weighted by Crippen LogP contribution is 2.86. The van der Waals surface area contributed by atoms with E-state index in [0.29, 0.717) is 10.8 Å². The fraction of sp³-hybridized carbons (Fsp3) is 0.200. The molecule has 2 bridgehead atoms. The van der Waals surface area contributed by atoms with E-state index in [-0.39, 0.29) is 5.41 Å². The van der Waals surface area contributed by atoms with E-state index in [1.54, 1.807) is 5.56 Å². The van der Waals surface area contributed by atoms with Crippen molar-refractivity contribution in [3.8, 4) is 55.6 Å². The van der Waals surface area contributed by atoms with E-state index in [0.717, 1.165) is 34.8 Å². The van der Waals surface area contributed by atoms with Crippen LogP contribution in [0.4, 0.5) is 17.1 Å². The monoisotopic (exact) mass is 847 g/mol. The molecule has 9 aromatic rings. The first kappa shape index (κ1) is 38.3. The van der Waals surface area contributed by atoms with Gasteiger partial charge in [0.05, 0.1) is 11.4 Å². The number of para-hydroxylation sites is 1. The molecule has 1 spiro atoms. The third-order valence-corrected chi connectivity index (χ3v) is 17.7. The second-order valence-electron chi connectivity index (χ2n) is 21.0. The highest BCUT2D eigenvalue weighted by Gasteiger charge is 2.80. The van der Waals surface area contributed by atoms with Crippen LogP contribution in [0.2, 0.25) is 0 Å². The Hall–Kier alpha value is -6.96. The van der Waals surface area contributed by atoms with Crippen LogP contribution in [-0.2, 0) is 10.8 Å². The third-order valence-electron chi connectivity index (χ3n) is 17.7. The first-order valence-corrected chi connectivity index (χ1v) is 24.4. The Morgan fingerprint density at radius 2 is 1.03 bits per heavy atom. The molecule has 5 atom stereocenters. The molecule has 0 aromatic heterocycles. The summed E-state index contributed by atoms with van der Waals surface area (Å²) in [6, 6.07) is 77.8. The second kappa shape index (κ2) is 14.0. The van der Waals surface area contributed by atoms with Crippen LogP contribution in [0.15, 0.2) is 206 Å². The van der Waals surface area contributed by atoms with Crippen LogP contribution in [0.5, 0.6) is 0 Å². The van der Waals surface area contributed by atoms with Crippen molar-refractivity contribution in [1.29, 1.82) is 0 Å². The van der Waals surface area contributed by atoms with Gasteiger partial charge < -0.3 is 4.90 Å². The van der Waals surface area contributed by atoms with Crippen molar-refractivity contribution >= 4 is 27.8 Å². The number of hydrogen-bond acceptors (Lipinski definition) is 1. The molecule has 4 fully saturated rings. The summed E-state index contributed by atoms with van der Waals surface area (Å²) in [6.07, 6.45) is 7.41. The summed E-state index contributed by atoms with van der Waals surface area (Å²) in [7, 11) is 0. The van der Waals surface area contributed by atoms with E-state index in [4.69, 9.17) is 0 Å². The van der Waals surface area contributed by atoms with Gasteiger partial charge in [0.1, 0.15) is 0 Å². The molecule has 0 radical (unpaired) electrons. The Labute approximate surface area is 389 Å². The highest BCUT2D eigenvalue weighted by atomic mass is 15.1. The molecular formula is C65H53N. The quantitative estimate of drug-likeness (QED) is 0.147. The normalized spacial score (nSPS) is 23.4. The minimum atomic E-state index is -0.138. The van der Waals surface area contributed by atoms with Crippen molar-refractivity contribution < 1.29 is 0 Å². The van der Waals surface area contributed by atoms with Crippen molar-refractivity contribution in [3.63, 3.8) is 0 Å². The van der Waals surface area contributed by atoms with Crippen LogP contribution >= 0.6 is 0 Å². The standard InChI is InChI=1S/C65H53N/c1-63(2)59-18-10-8-17-56(59)57-32-31-54(38-60(57)63)66(61-19-11-9-16-55(61)50-25-24-43-12-6-7-15-48(43)35-50)62-33-28-49(36-58(62)47-13-4-3-5-14-47)46-22-20-44(21-23-46)45-26-29-51(30-27-45)64-39-42-34-52-37-53(41-64)65(52,64)40-42/h3-33,35-36,38,42,52-53H,34,37,39-41H2,1-2H3. The Balaban J connectivity index is 0.878. The first-order valence-electron chi connectivity index (χ1n) is 24.4. The number of anilines is 3. The van der Waals surface area contributed by atoms with Gasteiger partial charge in [-0.05, 0) is 164 Å². The van der Waals surface area contributed by atoms with Crippen LogP contribution in [-0.4, -0.2) is 0 Å². The topological polar surface area (TPSA) is 3.24 Å². The molecule has 0 saturated heterocycles. The molecule has 4 saturated carbocycles. The van der Waals surface area contributed by atoms with Crippen molar-refractivity contribution in [2.75, 3.05) is 4.90 Å². The van der Waals surface area contributed by atoms with E-state index < -0.39 is 0 Å². The van der Waals surface area contributed by atoms with Gasteiger partial charge in [-0.2, -0.15) is 0 Å². The lowest BCUT2D eigenvalue weighted by molar-refractivity contribution is -0.198. The summed E-state index contributed by atoms with van der Waals surface area (Å²) in [6.45, 7) is 4.76. The zero-order valence-electron chi connectivity index (χ0n) is 37.8. The summed E-state index contributed by atoms with van der Waals surface area (Å²) in [5.74, 6) is 3.00. The Morgan fingerprint density at radius 3 is 1.82 bits per heavy atom. The Kier molecular flexibility index (Phi) is 8.14. The minimum Gasteiger partial charge on any atom is -0.309 e. The Bertz CT molecular complexity index is 3400. The van der Waals surface area contributed by atoms with Gasteiger partial charge in [0, 0.05) is 27.6 Å². The average molecular weight is 848 g/mol. The molecule has 9 aromatic carbocycles. The van der Waals surface area contributed by atoms with Crippen LogP contribution < -0.4 is 4.90 Å². The van der Waals surface area contributed by atoms with Crippen molar-refractivity contribution in [3.05, 3.63) is 223 Å². The molecule has 1 heteroatoms. The maximum absolute atomic E-state index is 2.52. The van der Waals surface area contributed by atoms with Crippen molar-refractivity contribution in [2.45, 2.75) is 56.8 Å². The van der Waals surface area contributed by atoms with E-state index >= 15 is 0 Å². The second-order valence-corrected chi connectivity index (χ2v) is 21.0. The molecule has 0 aliphatic heterocycles. The van der Waals surface area contributed by atoms with Crippen molar-refractivity contribution in [2.24, 2.45) is 23.2 Å². The molecular weight excluding hydrogens is 795 g/mol. The molecule has 5 aliphatic carbocycles. The molecule has 0 amide bonds. The maximum Gasteiger partial charge on any atom is 0.0540 e. The molecule has 66 heavy (non-hydrogen) atoms. The lowest BCUT2D eigenvalue weighted by Gasteiger charge is -2.73. The summed E-state index contributed by atoms with van der Waals surface area (Å²) in [5.41, 5.74) is 21.2. The van der Waals surface area contributed by atoms with E-state index in [9.17, 15) is 0 Å². The largest absolute Gasteiger partial charge is 0.309 e. The third kappa shape index (κ3) is 5.35. The van der Waals surface area contributed by atoms with Gasteiger partial charge in [0.25, 0.3) is 0 Å². The summed E-state index contributed by atoms with van der Waals surface area (Å²) in [5, 5.41) is 2.49. The Morgan fingerprint density at radius 1 is 0.394 bits per heavy atom. The molecule has 1 nitrogen and oxygen atoms in total. The van der Waals surface area contributed by atoms with E-state index in [1.165, 1.54) is 110 Å². The summed E-state index contributed by atoms with van der Waals surface area (Å²) >= 11 is 0. The van der Waals surface area contributed by atoms with Crippen molar-refractivity contribution in [1.82, 2.24) is 0 Å². The molecule has 14 rings (SSSR count). The van der Waals surface area contributed by atoms with Gasteiger partial charge >= 0.3 is 0 Å². The number of rotatable bonds is 8. The fourth-order valence-corrected chi connectivity index (χ4v) is 14.8. The van der Waals surface area contributed by atoms with Crippen LogP contribution in [0.1, 0.15) is 62.6 Å². The van der Waals surface area contributed by atoms with Gasteiger partial charge in [-0.25, -0.2) is 0 Å². The van der Waals surface area contributed by atoms with Gasteiger partial charge in [-0.15, -0.1) is 0 Å². The van der Waals surface area contributed by atoms with Crippen LogP contribution in [0.3, 0.4) is 0 Å². The molecule has 0 N–H and O–H groups in total. The van der Waals surface area contributed by atoms with Crippen LogP contribution in [0, 0.1) is 23.2 Å². The fourth-order valence-electron chi connectivity index (χ4n) is 14.8. The van der Waals surface area contributed by atoms with Gasteiger partial charge in [-0.3, -0.25) is 0 Å². The van der Waals surface area contributed by atoms with E-state index in [2.05, 4.69) is 225 Å². The zero-order chi connectivity index (χ0) is 43.8. The number of nitrogens with zero attached hydrogens (tertiary/aromatic N) is 1. The summed E-state index contributed by atoms with van der Waals surface area (Å²) in [4.78, 5) is 2.52. The lowest BCUT2D eigenvalue weighted by Crippen LogP contribution is -2.68. The van der Waals surface area contributed by atoms with Gasteiger partial charge in [0.15, 0.2) is 0 Å². The number of benzene rings is 9. The zero-order valence-corrected chi connectivity index (χ0v) is 37.8. The number of fused-ring (bicyclic) bond motifs is 5. The van der Waals surface area contributed by atoms with Crippen LogP contribution in [0.25, 0.3) is 66.4 Å². The highest BCUT2D eigenvalue weighted by molar-refractivity contribution is 5.98. The predicted octanol–water partition coefficient (Wildman–Crippen LogP) is 17.4. The average Bonchev–Trinajstić information content (AvgIpc) is 3.96. The maximum atomic E-state index is 2.52. The van der Waals surface area contributed by atoms with Gasteiger partial charge in [-0.1, -0.05) is 184 Å². The molecule has 0 heterocycles. The number of hydrogen-bond donors (Lipinski definition) is 0.